The van der Waals surface area contributed by atoms with E-state index in [-0.39, 0.29) is 24.5 Å². The van der Waals surface area contributed by atoms with Crippen molar-refractivity contribution >= 4 is 23.5 Å². The topological polar surface area (TPSA) is 88.2 Å². The summed E-state index contributed by atoms with van der Waals surface area (Å²) in [5.74, 6) is 0.488. The first-order chi connectivity index (χ1) is 11.6. The fourth-order valence-corrected chi connectivity index (χ4v) is 3.29. The molecule has 126 valence electrons. The molecular formula is C16H17N3O5. The van der Waals surface area contributed by atoms with Crippen LogP contribution in [0.4, 0.5) is 10.5 Å². The number of carbonyl (C=O) groups excluding carboxylic acids is 3. The lowest BCUT2D eigenvalue weighted by atomic mass is 10.2. The molecule has 8 nitrogen and oxygen atoms in total. The summed E-state index contributed by atoms with van der Waals surface area (Å²) < 4.78 is 10.9. The molecule has 0 bridgehead atoms. The molecule has 4 amide bonds. The van der Waals surface area contributed by atoms with E-state index in [2.05, 4.69) is 5.32 Å². The largest absolute Gasteiger partial charge is 0.486 e. The van der Waals surface area contributed by atoms with E-state index in [9.17, 15) is 14.4 Å². The highest BCUT2D eigenvalue weighted by Crippen LogP contribution is 2.32. The van der Waals surface area contributed by atoms with E-state index in [4.69, 9.17) is 9.47 Å². The van der Waals surface area contributed by atoms with Gasteiger partial charge in [0.2, 0.25) is 5.91 Å². The van der Waals surface area contributed by atoms with E-state index in [1.165, 1.54) is 0 Å². The van der Waals surface area contributed by atoms with Crippen molar-refractivity contribution in [3.63, 3.8) is 0 Å². The Balaban J connectivity index is 1.42. The standard InChI is InChI=1S/C16H17N3O5/c20-14(9-19-15(21)11-2-1-5-18(11)16(19)22)17-10-3-4-12-13(8-10)24-7-6-23-12/h3-4,8,11H,1-2,5-7,9H2,(H,17,20)/t11-/m0/s1. The molecule has 0 unspecified atom stereocenters. The molecule has 1 aromatic carbocycles. The van der Waals surface area contributed by atoms with Gasteiger partial charge in [-0.05, 0) is 25.0 Å². The fourth-order valence-electron chi connectivity index (χ4n) is 3.29. The minimum Gasteiger partial charge on any atom is -0.486 e. The molecule has 0 radical (unpaired) electrons. The zero-order valence-corrected chi connectivity index (χ0v) is 13.0. The van der Waals surface area contributed by atoms with Crippen LogP contribution in [0.5, 0.6) is 11.5 Å². The van der Waals surface area contributed by atoms with Gasteiger partial charge >= 0.3 is 6.03 Å². The van der Waals surface area contributed by atoms with Crippen molar-refractivity contribution in [1.29, 1.82) is 0 Å². The van der Waals surface area contributed by atoms with Gasteiger partial charge in [-0.2, -0.15) is 0 Å². The second-order valence-corrected chi connectivity index (χ2v) is 5.96. The Labute approximate surface area is 138 Å². The van der Waals surface area contributed by atoms with E-state index >= 15 is 0 Å². The second kappa shape index (κ2) is 5.70. The normalized spacial score (nSPS) is 21.9. The summed E-state index contributed by atoms with van der Waals surface area (Å²) in [5.41, 5.74) is 0.531. The molecule has 1 N–H and O–H groups in total. The minimum atomic E-state index is -0.422. The Kier molecular flexibility index (Phi) is 3.51. The van der Waals surface area contributed by atoms with Crippen LogP contribution in [0, 0.1) is 0 Å². The van der Waals surface area contributed by atoms with Crippen LogP contribution >= 0.6 is 0 Å². The van der Waals surface area contributed by atoms with Gasteiger partial charge in [0.1, 0.15) is 25.8 Å². The molecule has 0 spiro atoms. The monoisotopic (exact) mass is 331 g/mol. The van der Waals surface area contributed by atoms with Crippen LogP contribution in [-0.2, 0) is 9.59 Å². The number of benzene rings is 1. The third-order valence-corrected chi connectivity index (χ3v) is 4.41. The number of nitrogens with one attached hydrogen (secondary N) is 1. The van der Waals surface area contributed by atoms with E-state index < -0.39 is 5.91 Å². The Morgan fingerprint density at radius 2 is 2.00 bits per heavy atom. The van der Waals surface area contributed by atoms with Gasteiger partial charge in [-0.3, -0.25) is 14.5 Å². The molecule has 24 heavy (non-hydrogen) atoms. The van der Waals surface area contributed by atoms with Crippen molar-refractivity contribution in [2.75, 3.05) is 31.6 Å². The smallest absolute Gasteiger partial charge is 0.327 e. The molecule has 3 aliphatic heterocycles. The molecule has 3 heterocycles. The third-order valence-electron chi connectivity index (χ3n) is 4.41. The van der Waals surface area contributed by atoms with E-state index in [0.29, 0.717) is 43.4 Å². The van der Waals surface area contributed by atoms with Crippen LogP contribution in [0.15, 0.2) is 18.2 Å². The van der Waals surface area contributed by atoms with Gasteiger partial charge < -0.3 is 19.7 Å². The number of nitrogens with zero attached hydrogens (tertiary/aromatic N) is 2. The molecule has 3 aliphatic rings. The molecule has 2 fully saturated rings. The van der Waals surface area contributed by atoms with Crippen molar-refractivity contribution in [3.8, 4) is 11.5 Å². The number of urea groups is 1. The number of ether oxygens (including phenoxy) is 2. The maximum atomic E-state index is 12.2. The van der Waals surface area contributed by atoms with Crippen molar-refractivity contribution in [1.82, 2.24) is 9.80 Å². The van der Waals surface area contributed by atoms with Crippen LogP contribution in [-0.4, -0.2) is 60.0 Å². The molecular weight excluding hydrogens is 314 g/mol. The van der Waals surface area contributed by atoms with Crippen LogP contribution in [0.25, 0.3) is 0 Å². The third kappa shape index (κ3) is 2.44. The summed E-state index contributed by atoms with van der Waals surface area (Å²) in [5, 5.41) is 2.69. The highest BCUT2D eigenvalue weighted by Gasteiger charge is 2.47. The summed E-state index contributed by atoms with van der Waals surface area (Å²) in [6.45, 7) is 1.25. The zero-order valence-electron chi connectivity index (χ0n) is 13.0. The summed E-state index contributed by atoms with van der Waals surface area (Å²) >= 11 is 0. The van der Waals surface area contributed by atoms with Gasteiger partial charge in [0, 0.05) is 18.3 Å². The van der Waals surface area contributed by atoms with Gasteiger partial charge in [-0.25, -0.2) is 4.79 Å². The first-order valence-electron chi connectivity index (χ1n) is 7.95. The SMILES string of the molecule is O=C(CN1C(=O)[C@@H]2CCCN2C1=O)Nc1ccc2c(c1)OCCO2. The van der Waals surface area contributed by atoms with Crippen LogP contribution in [0.1, 0.15) is 12.8 Å². The first-order valence-corrected chi connectivity index (χ1v) is 7.95. The lowest BCUT2D eigenvalue weighted by Gasteiger charge is -2.19. The van der Waals surface area contributed by atoms with Crippen molar-refractivity contribution < 1.29 is 23.9 Å². The zero-order chi connectivity index (χ0) is 16.7. The Morgan fingerprint density at radius 1 is 1.21 bits per heavy atom. The number of imide groups is 1. The molecule has 1 aromatic rings. The minimum absolute atomic E-state index is 0.279. The molecule has 0 aliphatic carbocycles. The number of carbonyl (C=O) groups is 3. The molecule has 1 atom stereocenters. The van der Waals surface area contributed by atoms with Gasteiger partial charge in [-0.15, -0.1) is 0 Å². The maximum Gasteiger partial charge on any atom is 0.327 e. The predicted octanol–water partition coefficient (Wildman–Crippen LogP) is 0.823. The summed E-state index contributed by atoms with van der Waals surface area (Å²) in [4.78, 5) is 39.2. The summed E-state index contributed by atoms with van der Waals surface area (Å²) in [6.07, 6.45) is 1.50. The average molecular weight is 331 g/mol. The van der Waals surface area contributed by atoms with E-state index in [1.807, 2.05) is 0 Å². The molecule has 8 heteroatoms. The summed E-state index contributed by atoms with van der Waals surface area (Å²) in [7, 11) is 0. The number of rotatable bonds is 3. The summed E-state index contributed by atoms with van der Waals surface area (Å²) in [6, 6.07) is 4.31. The number of amides is 4. The molecule has 4 rings (SSSR count). The lowest BCUT2D eigenvalue weighted by Crippen LogP contribution is -2.39. The molecule has 0 saturated carbocycles. The Hall–Kier alpha value is -2.77. The average Bonchev–Trinajstić information content (AvgIpc) is 3.15. The number of anilines is 1. The van der Waals surface area contributed by atoms with Crippen molar-refractivity contribution in [2.45, 2.75) is 18.9 Å². The second-order valence-electron chi connectivity index (χ2n) is 5.96. The van der Waals surface area contributed by atoms with Crippen LogP contribution < -0.4 is 14.8 Å². The Bertz CT molecular complexity index is 698. The number of hydrogen-bond acceptors (Lipinski definition) is 5. The van der Waals surface area contributed by atoms with Crippen LogP contribution in [0.2, 0.25) is 0 Å². The number of fused-ring (bicyclic) bond motifs is 2. The maximum absolute atomic E-state index is 12.2. The predicted molar refractivity (Wildman–Crippen MR) is 82.9 cm³/mol. The highest BCUT2D eigenvalue weighted by molar-refractivity contribution is 6.08. The van der Waals surface area contributed by atoms with Gasteiger partial charge in [0.15, 0.2) is 11.5 Å². The highest BCUT2D eigenvalue weighted by atomic mass is 16.6. The molecule has 0 aromatic heterocycles. The molecule has 2 saturated heterocycles. The Morgan fingerprint density at radius 3 is 2.79 bits per heavy atom. The van der Waals surface area contributed by atoms with Gasteiger partial charge in [-0.1, -0.05) is 0 Å². The van der Waals surface area contributed by atoms with Crippen molar-refractivity contribution in [2.24, 2.45) is 0 Å². The van der Waals surface area contributed by atoms with Gasteiger partial charge in [0.05, 0.1) is 0 Å². The fraction of sp³-hybridized carbons (Fsp3) is 0.438. The first kappa shape index (κ1) is 14.8. The van der Waals surface area contributed by atoms with Crippen LogP contribution in [0.3, 0.4) is 0 Å². The van der Waals surface area contributed by atoms with E-state index in [1.54, 1.807) is 23.1 Å². The quantitative estimate of drug-likeness (QED) is 0.829. The lowest BCUT2D eigenvalue weighted by molar-refractivity contribution is -0.131. The van der Waals surface area contributed by atoms with Crippen molar-refractivity contribution in [3.05, 3.63) is 18.2 Å². The van der Waals surface area contributed by atoms with E-state index in [0.717, 1.165) is 11.3 Å². The number of hydrogen-bond donors (Lipinski definition) is 1. The van der Waals surface area contributed by atoms with Gasteiger partial charge in [0.25, 0.3) is 5.91 Å².